The maximum atomic E-state index is 12.7. The van der Waals surface area contributed by atoms with Crippen LogP contribution in [0, 0.1) is 11.8 Å². The monoisotopic (exact) mass is 424 g/mol. The lowest BCUT2D eigenvalue weighted by Gasteiger charge is -2.27. The van der Waals surface area contributed by atoms with Crippen LogP contribution in [-0.4, -0.2) is 30.6 Å². The Bertz CT molecular complexity index is 609. The summed E-state index contributed by atoms with van der Waals surface area (Å²) in [5.74, 6) is 0.677. The molecule has 2 fully saturated rings. The van der Waals surface area contributed by atoms with Crippen LogP contribution in [0.1, 0.15) is 94.7 Å². The van der Waals surface area contributed by atoms with Gasteiger partial charge in [0.25, 0.3) is 5.91 Å². The molecule has 1 saturated carbocycles. The largest absolute Gasteiger partial charge is 0.388 e. The van der Waals surface area contributed by atoms with Gasteiger partial charge < -0.3 is 15.7 Å². The maximum Gasteiger partial charge on any atom is 0.252 e. The molecule has 1 heterocycles. The van der Waals surface area contributed by atoms with Gasteiger partial charge in [0.1, 0.15) is 0 Å². The molecule has 1 aliphatic carbocycles. The van der Waals surface area contributed by atoms with E-state index in [9.17, 15) is 9.90 Å². The predicted molar refractivity (Wildman–Crippen MR) is 124 cm³/mol. The number of halogens is 1. The second kappa shape index (κ2) is 13.3. The Balaban J connectivity index is 0.00000210. The molecule has 2 aliphatic rings. The molecule has 1 aromatic rings. The highest BCUT2D eigenvalue weighted by Gasteiger charge is 2.24. The molecule has 0 radical (unpaired) electrons. The van der Waals surface area contributed by atoms with Crippen molar-refractivity contribution in [1.82, 2.24) is 10.6 Å². The Labute approximate surface area is 182 Å². The first kappa shape index (κ1) is 25.9. The Morgan fingerprint density at radius 1 is 1.07 bits per heavy atom. The van der Waals surface area contributed by atoms with Crippen LogP contribution in [0.3, 0.4) is 0 Å². The zero-order valence-corrected chi connectivity index (χ0v) is 16.9. The normalized spacial score (nSPS) is 19.8. The van der Waals surface area contributed by atoms with Gasteiger partial charge in [0.2, 0.25) is 0 Å². The number of piperidine rings is 1. The molecule has 1 amide bonds. The van der Waals surface area contributed by atoms with E-state index in [1.165, 1.54) is 44.9 Å². The van der Waals surface area contributed by atoms with E-state index in [1.807, 2.05) is 6.07 Å². The molecule has 4 nitrogen and oxygen atoms in total. The number of rotatable bonds is 5. The van der Waals surface area contributed by atoms with E-state index in [1.54, 1.807) is 12.1 Å². The number of aliphatic hydroxyl groups excluding tert-OH is 1. The predicted octanol–water partition coefficient (Wildman–Crippen LogP) is 5.74. The molecule has 3 N–H and O–H groups in total. The van der Waals surface area contributed by atoms with Crippen LogP contribution in [0.4, 0.5) is 0 Å². The second-order valence-electron chi connectivity index (χ2n) is 8.19. The van der Waals surface area contributed by atoms with Crippen molar-refractivity contribution in [3.63, 3.8) is 0 Å². The first-order chi connectivity index (χ1) is 13.1. The lowest BCUT2D eigenvalue weighted by molar-refractivity contribution is 0.0884. The van der Waals surface area contributed by atoms with Gasteiger partial charge in [0.15, 0.2) is 0 Å². The third-order valence-corrected chi connectivity index (χ3v) is 6.51. The summed E-state index contributed by atoms with van der Waals surface area (Å²) in [6, 6.07) is 5.37. The standard InChI is InChI=1S/C22H33ClN2O2.2CH4/c23-20-9-8-18(21(26)17-10-12-24-13-11-17)14-19(20)22(27)25-15-16-6-4-2-1-3-5-7-16;;/h8-9,14,16-17,21,24,26H,1-7,10-13,15H2,(H,25,27);2*1H4. The number of carbonyl (C=O) groups excluding carboxylic acids is 1. The summed E-state index contributed by atoms with van der Waals surface area (Å²) >= 11 is 6.30. The van der Waals surface area contributed by atoms with E-state index in [4.69, 9.17) is 11.6 Å². The minimum absolute atomic E-state index is 0. The van der Waals surface area contributed by atoms with Gasteiger partial charge in [-0.05, 0) is 68.3 Å². The summed E-state index contributed by atoms with van der Waals surface area (Å²) in [6.07, 6.45) is 10.3. The van der Waals surface area contributed by atoms with Crippen molar-refractivity contribution < 1.29 is 9.90 Å². The lowest BCUT2D eigenvalue weighted by atomic mass is 9.87. The summed E-state index contributed by atoms with van der Waals surface area (Å²) in [7, 11) is 0. The smallest absolute Gasteiger partial charge is 0.252 e. The lowest BCUT2D eigenvalue weighted by Crippen LogP contribution is -2.31. The molecule has 1 aromatic carbocycles. The number of hydrogen-bond donors (Lipinski definition) is 3. The van der Waals surface area contributed by atoms with Crippen molar-refractivity contribution in [2.24, 2.45) is 11.8 Å². The number of hydrogen-bond acceptors (Lipinski definition) is 3. The van der Waals surface area contributed by atoms with Crippen LogP contribution < -0.4 is 10.6 Å². The first-order valence-electron chi connectivity index (χ1n) is 10.6. The Morgan fingerprint density at radius 3 is 2.34 bits per heavy atom. The molecule has 1 unspecified atom stereocenters. The molecule has 0 spiro atoms. The van der Waals surface area contributed by atoms with Crippen molar-refractivity contribution in [3.05, 3.63) is 34.3 Å². The summed E-state index contributed by atoms with van der Waals surface area (Å²) in [5, 5.41) is 17.6. The fraction of sp³-hybridized carbons (Fsp3) is 0.708. The third-order valence-electron chi connectivity index (χ3n) is 6.18. The molecule has 166 valence electrons. The third kappa shape index (κ3) is 7.58. The number of carbonyl (C=O) groups is 1. The van der Waals surface area contributed by atoms with Crippen LogP contribution in [0.25, 0.3) is 0 Å². The van der Waals surface area contributed by atoms with Crippen molar-refractivity contribution in [3.8, 4) is 0 Å². The van der Waals surface area contributed by atoms with Gasteiger partial charge in [-0.2, -0.15) is 0 Å². The summed E-state index contributed by atoms with van der Waals surface area (Å²) in [5.41, 5.74) is 1.27. The van der Waals surface area contributed by atoms with Crippen molar-refractivity contribution >= 4 is 17.5 Å². The van der Waals surface area contributed by atoms with Crippen LogP contribution in [0.2, 0.25) is 5.02 Å². The minimum Gasteiger partial charge on any atom is -0.388 e. The quantitative estimate of drug-likeness (QED) is 0.565. The van der Waals surface area contributed by atoms with Gasteiger partial charge in [-0.3, -0.25) is 4.79 Å². The summed E-state index contributed by atoms with van der Waals surface area (Å²) in [6.45, 7) is 2.59. The highest BCUT2D eigenvalue weighted by molar-refractivity contribution is 6.33. The molecular formula is C24H41ClN2O2. The van der Waals surface area contributed by atoms with Gasteiger partial charge in [-0.1, -0.05) is 64.6 Å². The molecule has 0 bridgehead atoms. The van der Waals surface area contributed by atoms with E-state index in [-0.39, 0.29) is 26.7 Å². The van der Waals surface area contributed by atoms with Crippen LogP contribution in [-0.2, 0) is 0 Å². The van der Waals surface area contributed by atoms with E-state index >= 15 is 0 Å². The van der Waals surface area contributed by atoms with Crippen LogP contribution in [0.5, 0.6) is 0 Å². The number of aliphatic hydroxyl groups is 1. The molecule has 0 aromatic heterocycles. The first-order valence-corrected chi connectivity index (χ1v) is 11.0. The van der Waals surface area contributed by atoms with E-state index in [0.717, 1.165) is 38.0 Å². The average molecular weight is 425 g/mol. The van der Waals surface area contributed by atoms with Crippen LogP contribution in [0.15, 0.2) is 18.2 Å². The molecule has 1 aliphatic heterocycles. The van der Waals surface area contributed by atoms with Gasteiger partial charge in [-0.25, -0.2) is 0 Å². The van der Waals surface area contributed by atoms with Gasteiger partial charge in [0, 0.05) is 6.54 Å². The van der Waals surface area contributed by atoms with Crippen molar-refractivity contribution in [2.75, 3.05) is 19.6 Å². The van der Waals surface area contributed by atoms with Crippen molar-refractivity contribution in [2.45, 2.75) is 78.7 Å². The number of benzene rings is 1. The highest BCUT2D eigenvalue weighted by Crippen LogP contribution is 2.31. The highest BCUT2D eigenvalue weighted by atomic mass is 35.5. The fourth-order valence-electron chi connectivity index (χ4n) is 4.41. The van der Waals surface area contributed by atoms with E-state index in [2.05, 4.69) is 10.6 Å². The van der Waals surface area contributed by atoms with Crippen molar-refractivity contribution in [1.29, 1.82) is 0 Å². The van der Waals surface area contributed by atoms with Crippen LogP contribution >= 0.6 is 11.6 Å². The summed E-state index contributed by atoms with van der Waals surface area (Å²) in [4.78, 5) is 12.7. The number of amides is 1. The Morgan fingerprint density at radius 2 is 1.69 bits per heavy atom. The molecular weight excluding hydrogens is 384 g/mol. The second-order valence-corrected chi connectivity index (χ2v) is 8.60. The molecule has 5 heteroatoms. The molecule has 3 rings (SSSR count). The Kier molecular flexibility index (Phi) is 11.9. The average Bonchev–Trinajstić information content (AvgIpc) is 2.67. The topological polar surface area (TPSA) is 61.4 Å². The van der Waals surface area contributed by atoms with Gasteiger partial charge in [0.05, 0.1) is 16.7 Å². The number of nitrogens with one attached hydrogen (secondary N) is 2. The minimum atomic E-state index is -0.540. The zero-order valence-electron chi connectivity index (χ0n) is 16.2. The molecule has 1 saturated heterocycles. The van der Waals surface area contributed by atoms with E-state index < -0.39 is 6.10 Å². The molecule has 29 heavy (non-hydrogen) atoms. The maximum absolute atomic E-state index is 12.7. The zero-order chi connectivity index (χ0) is 19.1. The SMILES string of the molecule is C.C.O=C(NCC1CCCCCCC1)c1cc(C(O)C2CCNCC2)ccc1Cl. The fourth-order valence-corrected chi connectivity index (χ4v) is 4.61. The Hall–Kier alpha value is -1.10. The van der Waals surface area contributed by atoms with E-state index in [0.29, 0.717) is 16.5 Å². The summed E-state index contributed by atoms with van der Waals surface area (Å²) < 4.78 is 0. The van der Waals surface area contributed by atoms with Gasteiger partial charge >= 0.3 is 0 Å². The molecule has 1 atom stereocenters. The van der Waals surface area contributed by atoms with Gasteiger partial charge in [-0.15, -0.1) is 0 Å².